The van der Waals surface area contributed by atoms with E-state index in [4.69, 9.17) is 0 Å². The van der Waals surface area contributed by atoms with Crippen molar-refractivity contribution < 1.29 is 27.5 Å². The number of hydrogen-bond donors (Lipinski definition) is 1. The smallest absolute Gasteiger partial charge is 0.422 e. The Kier molecular flexibility index (Phi) is 5.63. The molecule has 2 heterocycles. The predicted molar refractivity (Wildman–Crippen MR) is 78.0 cm³/mol. The van der Waals surface area contributed by atoms with Gasteiger partial charge in [0.25, 0.3) is 0 Å². The summed E-state index contributed by atoms with van der Waals surface area (Å²) in [5.74, 6) is -0.419. The summed E-state index contributed by atoms with van der Waals surface area (Å²) in [6.07, 6.45) is -3.17. The average molecular weight is 345 g/mol. The molecule has 0 aromatic carbocycles. The molecule has 2 rings (SSSR count). The number of rotatable bonds is 4. The molecule has 0 saturated carbocycles. The number of aromatic nitrogens is 1. The molecular formula is C15H18F3N3O3. The topological polar surface area (TPSA) is 71.5 Å². The quantitative estimate of drug-likeness (QED) is 0.908. The van der Waals surface area contributed by atoms with Gasteiger partial charge in [-0.1, -0.05) is 6.07 Å². The lowest BCUT2D eigenvalue weighted by molar-refractivity contribution is -0.162. The zero-order valence-electron chi connectivity index (χ0n) is 13.1. The first-order valence-electron chi connectivity index (χ1n) is 7.45. The summed E-state index contributed by atoms with van der Waals surface area (Å²) in [4.78, 5) is 29.1. The van der Waals surface area contributed by atoms with Crippen molar-refractivity contribution in [1.29, 1.82) is 0 Å². The summed E-state index contributed by atoms with van der Waals surface area (Å²) in [6, 6.07) is 2.80. The van der Waals surface area contributed by atoms with Crippen molar-refractivity contribution in [2.24, 2.45) is 0 Å². The summed E-state index contributed by atoms with van der Waals surface area (Å²) in [7, 11) is 0. The SMILES string of the molecule is Cc1ccc(CNC(=O)C2CCCN2C(=O)OCC(F)(F)F)cn1. The molecule has 2 amide bonds. The van der Waals surface area contributed by atoms with E-state index < -0.39 is 30.8 Å². The number of alkyl halides is 3. The second-order valence-electron chi connectivity index (χ2n) is 5.55. The van der Waals surface area contributed by atoms with Gasteiger partial charge in [0.1, 0.15) is 6.04 Å². The van der Waals surface area contributed by atoms with E-state index in [0.717, 1.165) is 16.2 Å². The second-order valence-corrected chi connectivity index (χ2v) is 5.55. The van der Waals surface area contributed by atoms with Crippen molar-refractivity contribution in [1.82, 2.24) is 15.2 Å². The van der Waals surface area contributed by atoms with Gasteiger partial charge in [-0.15, -0.1) is 0 Å². The van der Waals surface area contributed by atoms with Gasteiger partial charge in [-0.2, -0.15) is 13.2 Å². The van der Waals surface area contributed by atoms with Crippen molar-refractivity contribution in [2.75, 3.05) is 13.2 Å². The molecule has 1 N–H and O–H groups in total. The number of amides is 2. The van der Waals surface area contributed by atoms with Crippen LogP contribution in [0.1, 0.15) is 24.1 Å². The summed E-state index contributed by atoms with van der Waals surface area (Å²) < 4.78 is 40.6. The summed E-state index contributed by atoms with van der Waals surface area (Å²) >= 11 is 0. The number of ether oxygens (including phenoxy) is 1. The van der Waals surface area contributed by atoms with Crippen LogP contribution in [-0.2, 0) is 16.1 Å². The highest BCUT2D eigenvalue weighted by Gasteiger charge is 2.37. The zero-order valence-corrected chi connectivity index (χ0v) is 13.1. The Hall–Kier alpha value is -2.32. The van der Waals surface area contributed by atoms with Crippen LogP contribution in [0.4, 0.5) is 18.0 Å². The molecule has 0 aliphatic carbocycles. The number of nitrogens with zero attached hydrogens (tertiary/aromatic N) is 2. The summed E-state index contributed by atoms with van der Waals surface area (Å²) in [6.45, 7) is 0.603. The van der Waals surface area contributed by atoms with E-state index >= 15 is 0 Å². The van der Waals surface area contributed by atoms with Gasteiger partial charge in [0.2, 0.25) is 5.91 Å². The third-order valence-corrected chi connectivity index (χ3v) is 3.59. The van der Waals surface area contributed by atoms with Gasteiger partial charge in [-0.05, 0) is 31.4 Å². The third kappa shape index (κ3) is 5.10. The fraction of sp³-hybridized carbons (Fsp3) is 0.533. The van der Waals surface area contributed by atoms with E-state index in [2.05, 4.69) is 15.0 Å². The molecule has 0 spiro atoms. The van der Waals surface area contributed by atoms with Gasteiger partial charge in [0.05, 0.1) is 0 Å². The Bertz CT molecular complexity index is 590. The second kappa shape index (κ2) is 7.50. The number of carbonyl (C=O) groups is 2. The Labute approximate surface area is 137 Å². The van der Waals surface area contributed by atoms with E-state index in [1.54, 1.807) is 12.3 Å². The van der Waals surface area contributed by atoms with Crippen LogP contribution in [0.2, 0.25) is 0 Å². The summed E-state index contributed by atoms with van der Waals surface area (Å²) in [5.41, 5.74) is 1.64. The van der Waals surface area contributed by atoms with E-state index in [9.17, 15) is 22.8 Å². The van der Waals surface area contributed by atoms with Crippen molar-refractivity contribution in [2.45, 2.75) is 38.5 Å². The molecule has 1 saturated heterocycles. The first-order valence-corrected chi connectivity index (χ1v) is 7.45. The monoisotopic (exact) mass is 345 g/mol. The molecule has 6 nitrogen and oxygen atoms in total. The number of likely N-dealkylation sites (tertiary alicyclic amines) is 1. The first-order chi connectivity index (χ1) is 11.3. The van der Waals surface area contributed by atoms with E-state index in [0.29, 0.717) is 12.8 Å². The predicted octanol–water partition coefficient (Wildman–Crippen LogP) is 2.17. The lowest BCUT2D eigenvalue weighted by Crippen LogP contribution is -2.46. The standard InChI is InChI=1S/C15H18F3N3O3/c1-10-4-5-11(7-19-10)8-20-13(22)12-3-2-6-21(12)14(23)24-9-15(16,17)18/h4-5,7,12H,2-3,6,8-9H2,1H3,(H,20,22). The molecule has 132 valence electrons. The molecule has 1 aliphatic heterocycles. The molecule has 1 aromatic heterocycles. The minimum atomic E-state index is -4.59. The lowest BCUT2D eigenvalue weighted by atomic mass is 10.2. The van der Waals surface area contributed by atoms with E-state index in [1.807, 2.05) is 13.0 Å². The van der Waals surface area contributed by atoms with Crippen LogP contribution in [-0.4, -0.2) is 47.3 Å². The minimum absolute atomic E-state index is 0.195. The van der Waals surface area contributed by atoms with Gasteiger partial charge >= 0.3 is 12.3 Å². The number of hydrogen-bond acceptors (Lipinski definition) is 4. The maximum atomic E-state index is 12.2. The number of carbonyl (C=O) groups excluding carboxylic acids is 2. The molecule has 24 heavy (non-hydrogen) atoms. The maximum absolute atomic E-state index is 12.2. The van der Waals surface area contributed by atoms with E-state index in [-0.39, 0.29) is 13.1 Å². The van der Waals surface area contributed by atoms with Crippen molar-refractivity contribution in [3.8, 4) is 0 Å². The Morgan fingerprint density at radius 2 is 2.17 bits per heavy atom. The van der Waals surface area contributed by atoms with Gasteiger partial charge in [-0.3, -0.25) is 14.7 Å². The fourth-order valence-corrected chi connectivity index (χ4v) is 2.39. The third-order valence-electron chi connectivity index (χ3n) is 3.59. The molecule has 0 radical (unpaired) electrons. The molecule has 0 bridgehead atoms. The molecule has 1 fully saturated rings. The van der Waals surface area contributed by atoms with Crippen LogP contribution < -0.4 is 5.32 Å². The van der Waals surface area contributed by atoms with Crippen molar-refractivity contribution in [3.63, 3.8) is 0 Å². The number of pyridine rings is 1. The van der Waals surface area contributed by atoms with Gasteiger partial charge in [0, 0.05) is 25.0 Å². The largest absolute Gasteiger partial charge is 0.440 e. The van der Waals surface area contributed by atoms with Crippen LogP contribution >= 0.6 is 0 Å². The molecular weight excluding hydrogens is 327 g/mol. The molecule has 1 aromatic rings. The van der Waals surface area contributed by atoms with Crippen LogP contribution in [0, 0.1) is 6.92 Å². The number of aryl methyl sites for hydroxylation is 1. The Morgan fingerprint density at radius 3 is 2.79 bits per heavy atom. The van der Waals surface area contributed by atoms with Gasteiger partial charge in [-0.25, -0.2) is 4.79 Å². The highest BCUT2D eigenvalue weighted by Crippen LogP contribution is 2.21. The van der Waals surface area contributed by atoms with Crippen LogP contribution in [0.5, 0.6) is 0 Å². The molecule has 1 atom stereocenters. The van der Waals surface area contributed by atoms with Gasteiger partial charge in [0.15, 0.2) is 6.61 Å². The number of halogens is 3. The van der Waals surface area contributed by atoms with Crippen LogP contribution in [0.3, 0.4) is 0 Å². The highest BCUT2D eigenvalue weighted by molar-refractivity contribution is 5.86. The Balaban J connectivity index is 1.88. The van der Waals surface area contributed by atoms with Crippen LogP contribution in [0.25, 0.3) is 0 Å². The molecule has 9 heteroatoms. The van der Waals surface area contributed by atoms with Crippen molar-refractivity contribution in [3.05, 3.63) is 29.6 Å². The van der Waals surface area contributed by atoms with Crippen LogP contribution in [0.15, 0.2) is 18.3 Å². The zero-order chi connectivity index (χ0) is 17.7. The Morgan fingerprint density at radius 1 is 1.42 bits per heavy atom. The minimum Gasteiger partial charge on any atom is -0.440 e. The lowest BCUT2D eigenvalue weighted by Gasteiger charge is -2.23. The summed E-state index contributed by atoms with van der Waals surface area (Å²) in [5, 5.41) is 2.67. The normalized spacial score (nSPS) is 17.7. The fourth-order valence-electron chi connectivity index (χ4n) is 2.39. The maximum Gasteiger partial charge on any atom is 0.422 e. The van der Waals surface area contributed by atoms with Crippen molar-refractivity contribution >= 4 is 12.0 Å². The van der Waals surface area contributed by atoms with E-state index in [1.165, 1.54) is 0 Å². The average Bonchev–Trinajstić information content (AvgIpc) is 3.01. The number of nitrogens with one attached hydrogen (secondary N) is 1. The van der Waals surface area contributed by atoms with Gasteiger partial charge < -0.3 is 10.1 Å². The first kappa shape index (κ1) is 18.0. The molecule has 1 unspecified atom stereocenters. The molecule has 1 aliphatic rings. The highest BCUT2D eigenvalue weighted by atomic mass is 19.4.